The molecular formula is C18H19BrN2OS. The van der Waals surface area contributed by atoms with Gasteiger partial charge in [0.2, 0.25) is 0 Å². The molecule has 0 aliphatic carbocycles. The lowest BCUT2D eigenvalue weighted by Gasteiger charge is -2.10. The normalized spacial score (nSPS) is 12.7. The van der Waals surface area contributed by atoms with Gasteiger partial charge in [-0.2, -0.15) is 5.10 Å². The Balaban J connectivity index is 1.85. The fraction of sp³-hybridized carbons (Fsp3) is 0.222. The van der Waals surface area contributed by atoms with Crippen molar-refractivity contribution in [3.63, 3.8) is 0 Å². The maximum Gasteiger partial charge on any atom is 0.252 e. The Morgan fingerprint density at radius 1 is 1.17 bits per heavy atom. The molecule has 0 aliphatic heterocycles. The summed E-state index contributed by atoms with van der Waals surface area (Å²) in [6, 6.07) is 18.0. The Morgan fingerprint density at radius 2 is 1.83 bits per heavy atom. The van der Waals surface area contributed by atoms with Crippen molar-refractivity contribution in [1.82, 2.24) is 5.43 Å². The molecule has 1 atom stereocenters. The van der Waals surface area contributed by atoms with Gasteiger partial charge in [0, 0.05) is 10.2 Å². The topological polar surface area (TPSA) is 41.5 Å². The van der Waals surface area contributed by atoms with Crippen LogP contribution in [0, 0.1) is 0 Å². The maximum atomic E-state index is 12.1. The van der Waals surface area contributed by atoms with Crippen molar-refractivity contribution in [3.05, 3.63) is 70.2 Å². The molecule has 0 saturated heterocycles. The van der Waals surface area contributed by atoms with Crippen LogP contribution in [0.2, 0.25) is 0 Å². The van der Waals surface area contributed by atoms with E-state index in [1.165, 1.54) is 5.56 Å². The van der Waals surface area contributed by atoms with Crippen LogP contribution in [0.15, 0.2) is 64.2 Å². The average Bonchev–Trinajstić information content (AvgIpc) is 2.58. The van der Waals surface area contributed by atoms with Crippen LogP contribution in [0.3, 0.4) is 0 Å². The molecule has 5 heteroatoms. The van der Waals surface area contributed by atoms with Gasteiger partial charge in [0.1, 0.15) is 0 Å². The number of rotatable bonds is 6. The number of halogens is 1. The van der Waals surface area contributed by atoms with Crippen LogP contribution >= 0.6 is 27.7 Å². The van der Waals surface area contributed by atoms with Crippen molar-refractivity contribution in [2.24, 2.45) is 5.10 Å². The first-order valence-corrected chi connectivity index (χ1v) is 9.16. The average molecular weight is 391 g/mol. The SMILES string of the molecule is C/C(=N/NC(=O)[C@H](C)SCc1ccccc1)c1ccc(Br)cc1. The highest BCUT2D eigenvalue weighted by atomic mass is 79.9. The van der Waals surface area contributed by atoms with Crippen LogP contribution in [-0.4, -0.2) is 16.9 Å². The Bertz CT molecular complexity index is 671. The summed E-state index contributed by atoms with van der Waals surface area (Å²) in [7, 11) is 0. The number of benzene rings is 2. The lowest BCUT2D eigenvalue weighted by atomic mass is 10.1. The smallest absolute Gasteiger partial charge is 0.252 e. The molecule has 1 amide bonds. The van der Waals surface area contributed by atoms with Gasteiger partial charge in [0.25, 0.3) is 5.91 Å². The van der Waals surface area contributed by atoms with E-state index in [0.29, 0.717) is 0 Å². The van der Waals surface area contributed by atoms with E-state index in [4.69, 9.17) is 0 Å². The number of carbonyl (C=O) groups is 1. The third-order valence-corrected chi connectivity index (χ3v) is 5.05. The van der Waals surface area contributed by atoms with E-state index in [1.807, 2.05) is 56.3 Å². The van der Waals surface area contributed by atoms with Crippen molar-refractivity contribution in [2.45, 2.75) is 24.9 Å². The van der Waals surface area contributed by atoms with Gasteiger partial charge in [-0.3, -0.25) is 4.79 Å². The van der Waals surface area contributed by atoms with E-state index >= 15 is 0 Å². The van der Waals surface area contributed by atoms with Gasteiger partial charge in [-0.15, -0.1) is 11.8 Å². The van der Waals surface area contributed by atoms with Gasteiger partial charge in [0.05, 0.1) is 11.0 Å². The second-order valence-corrected chi connectivity index (χ2v) is 7.36. The summed E-state index contributed by atoms with van der Waals surface area (Å²) >= 11 is 5.00. The molecule has 0 radical (unpaired) electrons. The number of amides is 1. The van der Waals surface area contributed by atoms with E-state index in [-0.39, 0.29) is 11.2 Å². The third kappa shape index (κ3) is 5.84. The molecule has 3 nitrogen and oxygen atoms in total. The first-order chi connectivity index (χ1) is 11.1. The lowest BCUT2D eigenvalue weighted by Crippen LogP contribution is -2.27. The quantitative estimate of drug-likeness (QED) is 0.577. The summed E-state index contributed by atoms with van der Waals surface area (Å²) < 4.78 is 1.02. The number of hydrogen-bond acceptors (Lipinski definition) is 3. The zero-order chi connectivity index (χ0) is 16.7. The minimum Gasteiger partial charge on any atom is -0.272 e. The second kappa shape index (κ2) is 8.89. The molecule has 0 spiro atoms. The Kier molecular flexibility index (Phi) is 6.86. The van der Waals surface area contributed by atoms with Crippen LogP contribution in [0.1, 0.15) is 25.0 Å². The van der Waals surface area contributed by atoms with Crippen LogP contribution in [0.4, 0.5) is 0 Å². The van der Waals surface area contributed by atoms with Crippen LogP contribution < -0.4 is 5.43 Å². The van der Waals surface area contributed by atoms with Crippen molar-refractivity contribution in [2.75, 3.05) is 0 Å². The third-order valence-electron chi connectivity index (χ3n) is 3.31. The summed E-state index contributed by atoms with van der Waals surface area (Å²) in [6.07, 6.45) is 0. The molecular weight excluding hydrogens is 372 g/mol. The summed E-state index contributed by atoms with van der Waals surface area (Å²) in [5.74, 6) is 0.729. The molecule has 0 aliphatic rings. The first-order valence-electron chi connectivity index (χ1n) is 7.32. The molecule has 1 N–H and O–H groups in total. The van der Waals surface area contributed by atoms with E-state index in [9.17, 15) is 4.79 Å². The zero-order valence-electron chi connectivity index (χ0n) is 13.1. The summed E-state index contributed by atoms with van der Waals surface area (Å²) in [5.41, 5.74) is 5.63. The summed E-state index contributed by atoms with van der Waals surface area (Å²) in [5, 5.41) is 4.03. The highest BCUT2D eigenvalue weighted by Crippen LogP contribution is 2.17. The highest BCUT2D eigenvalue weighted by molar-refractivity contribution is 9.10. The first kappa shape index (κ1) is 17.8. The number of carbonyl (C=O) groups excluding carboxylic acids is 1. The molecule has 0 unspecified atom stereocenters. The van der Waals surface area contributed by atoms with E-state index < -0.39 is 0 Å². The molecule has 23 heavy (non-hydrogen) atoms. The highest BCUT2D eigenvalue weighted by Gasteiger charge is 2.13. The summed E-state index contributed by atoms with van der Waals surface area (Å²) in [6.45, 7) is 3.78. The minimum absolute atomic E-state index is 0.0811. The largest absolute Gasteiger partial charge is 0.272 e. The predicted octanol–water partition coefficient (Wildman–Crippen LogP) is 4.61. The molecule has 0 bridgehead atoms. The Hall–Kier alpha value is -1.59. The van der Waals surface area contributed by atoms with Crippen molar-refractivity contribution in [1.29, 1.82) is 0 Å². The van der Waals surface area contributed by atoms with E-state index in [2.05, 4.69) is 38.6 Å². The fourth-order valence-electron chi connectivity index (χ4n) is 1.86. The van der Waals surface area contributed by atoms with Gasteiger partial charge in [-0.1, -0.05) is 58.4 Å². The Morgan fingerprint density at radius 3 is 2.48 bits per heavy atom. The molecule has 0 heterocycles. The number of hydrogen-bond donors (Lipinski definition) is 1. The van der Waals surface area contributed by atoms with Crippen molar-refractivity contribution < 1.29 is 4.79 Å². The second-order valence-electron chi connectivity index (χ2n) is 5.12. The zero-order valence-corrected chi connectivity index (χ0v) is 15.5. The number of nitrogens with zero attached hydrogens (tertiary/aromatic N) is 1. The Labute approximate surface area is 149 Å². The predicted molar refractivity (Wildman–Crippen MR) is 102 cm³/mol. The van der Waals surface area contributed by atoms with Crippen LogP contribution in [0.25, 0.3) is 0 Å². The monoisotopic (exact) mass is 390 g/mol. The minimum atomic E-state index is -0.156. The van der Waals surface area contributed by atoms with Gasteiger partial charge in [0.15, 0.2) is 0 Å². The lowest BCUT2D eigenvalue weighted by molar-refractivity contribution is -0.120. The van der Waals surface area contributed by atoms with Crippen molar-refractivity contribution >= 4 is 39.3 Å². The molecule has 0 aromatic heterocycles. The van der Waals surface area contributed by atoms with E-state index in [1.54, 1.807) is 11.8 Å². The van der Waals surface area contributed by atoms with Crippen LogP contribution in [0.5, 0.6) is 0 Å². The maximum absolute atomic E-state index is 12.1. The molecule has 120 valence electrons. The summed E-state index contributed by atoms with van der Waals surface area (Å²) in [4.78, 5) is 12.1. The van der Waals surface area contributed by atoms with Gasteiger partial charge in [-0.25, -0.2) is 5.43 Å². The molecule has 2 aromatic rings. The number of thioether (sulfide) groups is 1. The van der Waals surface area contributed by atoms with Crippen LogP contribution in [-0.2, 0) is 10.5 Å². The molecule has 2 aromatic carbocycles. The number of nitrogens with one attached hydrogen (secondary N) is 1. The molecule has 0 fully saturated rings. The van der Waals surface area contributed by atoms with E-state index in [0.717, 1.165) is 21.5 Å². The molecule has 0 saturated carbocycles. The van der Waals surface area contributed by atoms with Crippen molar-refractivity contribution in [3.8, 4) is 0 Å². The van der Waals surface area contributed by atoms with Gasteiger partial charge < -0.3 is 0 Å². The molecule has 2 rings (SSSR count). The van der Waals surface area contributed by atoms with Gasteiger partial charge in [-0.05, 0) is 37.1 Å². The number of hydrazone groups is 1. The standard InChI is InChI=1S/C18H19BrN2OS/c1-13(16-8-10-17(19)11-9-16)20-21-18(22)14(2)23-12-15-6-4-3-5-7-15/h3-11,14H,12H2,1-2H3,(H,21,22)/b20-13-/t14-/m0/s1. The fourth-order valence-corrected chi connectivity index (χ4v) is 2.96. The van der Waals surface area contributed by atoms with Gasteiger partial charge >= 0.3 is 0 Å².